The summed E-state index contributed by atoms with van der Waals surface area (Å²) in [4.78, 5) is 15.1. The van der Waals surface area contributed by atoms with Gasteiger partial charge in [0.2, 0.25) is 5.91 Å². The van der Waals surface area contributed by atoms with Crippen molar-refractivity contribution in [2.75, 3.05) is 13.6 Å². The first-order valence-electron chi connectivity index (χ1n) is 7.58. The average Bonchev–Trinajstić information content (AvgIpc) is 2.34. The lowest BCUT2D eigenvalue weighted by Crippen LogP contribution is -2.51. The quantitative estimate of drug-likeness (QED) is 0.803. The molecule has 1 amide bonds. The van der Waals surface area contributed by atoms with E-state index < -0.39 is 0 Å². The predicted octanol–water partition coefficient (Wildman–Crippen LogP) is 2.19. The molecule has 0 saturated heterocycles. The zero-order valence-corrected chi connectivity index (χ0v) is 12.5. The fraction of sp³-hybridized carbons (Fsp3) is 0.867. The van der Waals surface area contributed by atoms with Crippen molar-refractivity contribution in [2.24, 2.45) is 35.3 Å². The minimum Gasteiger partial charge on any atom is -0.393 e. The van der Waals surface area contributed by atoms with Crippen molar-refractivity contribution in [1.82, 2.24) is 4.90 Å². The molecule has 0 unspecified atom stereocenters. The summed E-state index contributed by atoms with van der Waals surface area (Å²) in [5.74, 6) is 3.82. The van der Waals surface area contributed by atoms with Crippen LogP contribution >= 0.6 is 12.2 Å². The van der Waals surface area contributed by atoms with Gasteiger partial charge in [0.05, 0.1) is 4.99 Å². The highest BCUT2D eigenvalue weighted by Crippen LogP contribution is 2.56. The summed E-state index contributed by atoms with van der Waals surface area (Å²) in [5, 5.41) is 0. The third-order valence-electron chi connectivity index (χ3n) is 5.58. The van der Waals surface area contributed by atoms with E-state index in [2.05, 4.69) is 0 Å². The van der Waals surface area contributed by atoms with E-state index in [1.165, 1.54) is 32.1 Å². The Hall–Kier alpha value is -0.640. The molecule has 4 aliphatic rings. The lowest BCUT2D eigenvalue weighted by molar-refractivity contribution is -0.147. The van der Waals surface area contributed by atoms with Gasteiger partial charge >= 0.3 is 0 Å². The van der Waals surface area contributed by atoms with Crippen LogP contribution in [0.1, 0.15) is 38.5 Å². The monoisotopic (exact) mass is 280 g/mol. The molecule has 4 aliphatic carbocycles. The van der Waals surface area contributed by atoms with Crippen LogP contribution in [0.2, 0.25) is 0 Å². The minimum absolute atomic E-state index is 0.296. The Morgan fingerprint density at radius 2 is 1.68 bits per heavy atom. The molecule has 0 radical (unpaired) electrons. The van der Waals surface area contributed by atoms with Crippen LogP contribution in [0.25, 0.3) is 0 Å². The van der Waals surface area contributed by atoms with Crippen molar-refractivity contribution in [1.29, 1.82) is 0 Å². The fourth-order valence-corrected chi connectivity index (χ4v) is 5.06. The van der Waals surface area contributed by atoms with Gasteiger partial charge < -0.3 is 10.6 Å². The number of carbonyl (C=O) groups excluding carboxylic acids is 1. The van der Waals surface area contributed by atoms with Gasteiger partial charge in [0.25, 0.3) is 0 Å². The van der Waals surface area contributed by atoms with Gasteiger partial charge in [0.15, 0.2) is 0 Å². The first kappa shape index (κ1) is 13.3. The number of rotatable bonds is 4. The van der Waals surface area contributed by atoms with Crippen LogP contribution in [0.15, 0.2) is 0 Å². The number of amides is 1. The summed E-state index contributed by atoms with van der Waals surface area (Å²) >= 11 is 4.90. The van der Waals surface area contributed by atoms with Crippen molar-refractivity contribution in [3.05, 3.63) is 0 Å². The van der Waals surface area contributed by atoms with E-state index in [0.29, 0.717) is 41.6 Å². The van der Waals surface area contributed by atoms with Gasteiger partial charge in [-0.3, -0.25) is 4.79 Å². The van der Waals surface area contributed by atoms with E-state index >= 15 is 0 Å². The second kappa shape index (κ2) is 5.04. The summed E-state index contributed by atoms with van der Waals surface area (Å²) in [6.45, 7) is 0.678. The summed E-state index contributed by atoms with van der Waals surface area (Å²) in [6, 6.07) is 0. The van der Waals surface area contributed by atoms with E-state index in [9.17, 15) is 4.79 Å². The molecule has 0 aromatic rings. The molecule has 4 saturated carbocycles. The molecule has 3 nitrogen and oxygen atoms in total. The van der Waals surface area contributed by atoms with Gasteiger partial charge in [0.1, 0.15) is 0 Å². The van der Waals surface area contributed by atoms with Crippen LogP contribution < -0.4 is 5.73 Å². The third-order valence-corrected chi connectivity index (χ3v) is 5.79. The first-order valence-corrected chi connectivity index (χ1v) is 7.98. The molecule has 4 heteroatoms. The Labute approximate surface area is 120 Å². The first-order chi connectivity index (χ1) is 9.04. The molecule has 4 rings (SSSR count). The maximum atomic E-state index is 12.7. The maximum Gasteiger partial charge on any atom is 0.225 e. The molecule has 19 heavy (non-hydrogen) atoms. The molecule has 0 heterocycles. The van der Waals surface area contributed by atoms with Gasteiger partial charge in [-0.25, -0.2) is 0 Å². The van der Waals surface area contributed by atoms with E-state index in [4.69, 9.17) is 18.0 Å². The molecular weight excluding hydrogens is 256 g/mol. The standard InChI is InChI=1S/C15H24N2OS/c1-17(3-2-13(16)19)15(18)14-11-5-9-4-10(7-11)8-12(14)6-9/h9-12,14H,2-8H2,1H3,(H2,16,19). The molecule has 0 atom stereocenters. The molecule has 4 fully saturated rings. The minimum atomic E-state index is 0.296. The largest absolute Gasteiger partial charge is 0.393 e. The van der Waals surface area contributed by atoms with Crippen molar-refractivity contribution < 1.29 is 4.79 Å². The Kier molecular flexibility index (Phi) is 3.54. The number of nitrogens with two attached hydrogens (primary N) is 1. The van der Waals surface area contributed by atoms with Crippen LogP contribution in [0.4, 0.5) is 0 Å². The van der Waals surface area contributed by atoms with Crippen LogP contribution in [0.3, 0.4) is 0 Å². The third kappa shape index (κ3) is 2.51. The molecule has 2 N–H and O–H groups in total. The van der Waals surface area contributed by atoms with Crippen LogP contribution in [0.5, 0.6) is 0 Å². The number of thiocarbonyl (C=S) groups is 1. The zero-order valence-electron chi connectivity index (χ0n) is 11.7. The Morgan fingerprint density at radius 3 is 2.16 bits per heavy atom. The molecular formula is C15H24N2OS. The normalized spacial score (nSPS) is 39.3. The molecule has 0 spiro atoms. The SMILES string of the molecule is CN(CCC(N)=S)C(=O)C1C2CC3CC(C2)CC1C3. The van der Waals surface area contributed by atoms with Gasteiger partial charge in [-0.15, -0.1) is 0 Å². The Balaban J connectivity index is 1.65. The average molecular weight is 280 g/mol. The lowest BCUT2D eigenvalue weighted by atomic mass is 9.51. The van der Waals surface area contributed by atoms with Gasteiger partial charge in [0, 0.05) is 25.9 Å². The molecule has 0 aliphatic heterocycles. The van der Waals surface area contributed by atoms with E-state index in [1.54, 1.807) is 0 Å². The second-order valence-electron chi connectivity index (χ2n) is 6.93. The molecule has 106 valence electrons. The summed E-state index contributed by atoms with van der Waals surface area (Å²) in [6.07, 6.45) is 7.27. The number of hydrogen-bond donors (Lipinski definition) is 1. The van der Waals surface area contributed by atoms with Crippen molar-refractivity contribution in [3.63, 3.8) is 0 Å². The van der Waals surface area contributed by atoms with E-state index in [1.807, 2.05) is 11.9 Å². The zero-order chi connectivity index (χ0) is 13.6. The maximum absolute atomic E-state index is 12.7. The predicted molar refractivity (Wildman–Crippen MR) is 79.6 cm³/mol. The van der Waals surface area contributed by atoms with Gasteiger partial charge in [-0.05, 0) is 55.8 Å². The van der Waals surface area contributed by atoms with Crippen molar-refractivity contribution in [2.45, 2.75) is 38.5 Å². The van der Waals surface area contributed by atoms with Crippen molar-refractivity contribution >= 4 is 23.1 Å². The molecule has 0 aromatic heterocycles. The van der Waals surface area contributed by atoms with E-state index in [0.717, 1.165) is 11.8 Å². The second-order valence-corrected chi connectivity index (χ2v) is 7.46. The number of carbonyl (C=O) groups is 1. The lowest BCUT2D eigenvalue weighted by Gasteiger charge is -2.54. The highest BCUT2D eigenvalue weighted by atomic mass is 32.1. The number of hydrogen-bond acceptors (Lipinski definition) is 2. The number of nitrogens with zero attached hydrogens (tertiary/aromatic N) is 1. The fourth-order valence-electron chi connectivity index (χ4n) is 4.97. The highest BCUT2D eigenvalue weighted by molar-refractivity contribution is 7.80. The van der Waals surface area contributed by atoms with Crippen LogP contribution in [-0.2, 0) is 4.79 Å². The summed E-state index contributed by atoms with van der Waals surface area (Å²) in [5.41, 5.74) is 5.53. The van der Waals surface area contributed by atoms with Gasteiger partial charge in [-0.2, -0.15) is 0 Å². The van der Waals surface area contributed by atoms with Gasteiger partial charge in [-0.1, -0.05) is 12.2 Å². The van der Waals surface area contributed by atoms with Crippen molar-refractivity contribution in [3.8, 4) is 0 Å². The highest BCUT2D eigenvalue weighted by Gasteiger charge is 2.51. The Morgan fingerprint density at radius 1 is 1.16 bits per heavy atom. The Bertz CT molecular complexity index is 368. The topological polar surface area (TPSA) is 46.3 Å². The summed E-state index contributed by atoms with van der Waals surface area (Å²) in [7, 11) is 1.91. The molecule has 4 bridgehead atoms. The summed E-state index contributed by atoms with van der Waals surface area (Å²) < 4.78 is 0. The smallest absolute Gasteiger partial charge is 0.225 e. The molecule has 0 aromatic carbocycles. The van der Waals surface area contributed by atoms with Crippen LogP contribution in [-0.4, -0.2) is 29.4 Å². The van der Waals surface area contributed by atoms with E-state index in [-0.39, 0.29) is 0 Å². The van der Waals surface area contributed by atoms with Crippen LogP contribution in [0, 0.1) is 29.6 Å².